The summed E-state index contributed by atoms with van der Waals surface area (Å²) in [6.45, 7) is 4.89. The number of carbonyl (C=O) groups is 1. The number of nitrogens with one attached hydrogen (secondary N) is 1. The van der Waals surface area contributed by atoms with Crippen molar-refractivity contribution in [3.05, 3.63) is 40.7 Å². The molecular formula is C17H20ClN3O3. The van der Waals surface area contributed by atoms with E-state index in [0.29, 0.717) is 34.5 Å². The monoisotopic (exact) mass is 349 g/mol. The number of ether oxygens (including phenoxy) is 2. The van der Waals surface area contributed by atoms with E-state index in [2.05, 4.69) is 24.3 Å². The van der Waals surface area contributed by atoms with Crippen LogP contribution in [0, 0.1) is 5.92 Å². The first kappa shape index (κ1) is 16.6. The molecule has 2 heterocycles. The number of carbonyl (C=O) groups excluding carboxylic acids is 1. The second kappa shape index (κ2) is 6.73. The number of aromatic nitrogens is 2. The molecule has 1 N–H and O–H groups in total. The molecule has 0 bridgehead atoms. The Hall–Kier alpha value is -2.21. The van der Waals surface area contributed by atoms with Crippen molar-refractivity contribution in [2.24, 2.45) is 13.0 Å². The van der Waals surface area contributed by atoms with Crippen molar-refractivity contribution in [1.82, 2.24) is 15.1 Å². The van der Waals surface area contributed by atoms with Gasteiger partial charge in [-0.2, -0.15) is 5.10 Å². The first-order chi connectivity index (χ1) is 11.5. The molecule has 1 aliphatic heterocycles. The van der Waals surface area contributed by atoms with Crippen LogP contribution in [0.3, 0.4) is 0 Å². The van der Waals surface area contributed by atoms with Crippen molar-refractivity contribution in [3.63, 3.8) is 0 Å². The summed E-state index contributed by atoms with van der Waals surface area (Å²) in [7, 11) is 1.91. The topological polar surface area (TPSA) is 65.4 Å². The molecule has 0 aliphatic carbocycles. The molecule has 0 saturated carbocycles. The molecule has 6 nitrogen and oxygen atoms in total. The van der Waals surface area contributed by atoms with Gasteiger partial charge in [-0.15, -0.1) is 0 Å². The summed E-state index contributed by atoms with van der Waals surface area (Å²) in [4.78, 5) is 12.5. The predicted molar refractivity (Wildman–Crippen MR) is 90.7 cm³/mol. The molecule has 1 aromatic carbocycles. The molecule has 3 rings (SSSR count). The van der Waals surface area contributed by atoms with E-state index in [-0.39, 0.29) is 18.6 Å². The van der Waals surface area contributed by atoms with Gasteiger partial charge in [-0.1, -0.05) is 25.4 Å². The minimum atomic E-state index is -0.192. The van der Waals surface area contributed by atoms with Gasteiger partial charge in [0.1, 0.15) is 0 Å². The van der Waals surface area contributed by atoms with Gasteiger partial charge in [0.05, 0.1) is 5.02 Å². The molecule has 0 saturated heterocycles. The second-order valence-electron chi connectivity index (χ2n) is 6.13. The number of hydrogen-bond acceptors (Lipinski definition) is 4. The van der Waals surface area contributed by atoms with E-state index in [1.807, 2.05) is 17.8 Å². The Morgan fingerprint density at radius 2 is 2.21 bits per heavy atom. The highest BCUT2D eigenvalue weighted by Crippen LogP contribution is 2.39. The molecule has 1 unspecified atom stereocenters. The number of aryl methyl sites for hydroxylation is 1. The maximum atomic E-state index is 12.5. The largest absolute Gasteiger partial charge is 0.454 e. The van der Waals surface area contributed by atoms with Crippen LogP contribution in [0.1, 0.15) is 35.8 Å². The molecule has 0 radical (unpaired) electrons. The summed E-state index contributed by atoms with van der Waals surface area (Å²) in [5.74, 6) is 1.33. The highest BCUT2D eigenvalue weighted by molar-refractivity contribution is 6.32. The molecule has 0 spiro atoms. The van der Waals surface area contributed by atoms with E-state index in [9.17, 15) is 4.79 Å². The van der Waals surface area contributed by atoms with Crippen molar-refractivity contribution >= 4 is 17.5 Å². The van der Waals surface area contributed by atoms with Crippen molar-refractivity contribution < 1.29 is 14.3 Å². The Balaban J connectivity index is 1.73. The van der Waals surface area contributed by atoms with Gasteiger partial charge in [-0.3, -0.25) is 9.48 Å². The van der Waals surface area contributed by atoms with Gasteiger partial charge in [0.2, 0.25) is 6.79 Å². The Kier molecular flexibility index (Phi) is 4.66. The van der Waals surface area contributed by atoms with E-state index in [4.69, 9.17) is 21.1 Å². The van der Waals surface area contributed by atoms with E-state index in [0.717, 1.165) is 5.69 Å². The Morgan fingerprint density at radius 3 is 2.88 bits per heavy atom. The molecule has 1 amide bonds. The van der Waals surface area contributed by atoms with Gasteiger partial charge in [0.15, 0.2) is 11.5 Å². The highest BCUT2D eigenvalue weighted by atomic mass is 35.5. The van der Waals surface area contributed by atoms with Gasteiger partial charge in [-0.25, -0.2) is 0 Å². The fourth-order valence-corrected chi connectivity index (χ4v) is 3.10. The summed E-state index contributed by atoms with van der Waals surface area (Å²) < 4.78 is 12.4. The third-order valence-electron chi connectivity index (χ3n) is 4.22. The third-order valence-corrected chi connectivity index (χ3v) is 4.50. The molecular weight excluding hydrogens is 330 g/mol. The van der Waals surface area contributed by atoms with Crippen LogP contribution in [0.2, 0.25) is 5.02 Å². The summed E-state index contributed by atoms with van der Waals surface area (Å²) in [6, 6.07) is 5.23. The highest BCUT2D eigenvalue weighted by Gasteiger charge is 2.23. The predicted octanol–water partition coefficient (Wildman–Crippen LogP) is 2.97. The lowest BCUT2D eigenvalue weighted by Crippen LogP contribution is -2.31. The molecule has 2 aromatic rings. The molecule has 24 heavy (non-hydrogen) atoms. The van der Waals surface area contributed by atoms with Crippen LogP contribution < -0.4 is 14.8 Å². The Labute approximate surface area is 145 Å². The van der Waals surface area contributed by atoms with E-state index < -0.39 is 0 Å². The number of hydrogen-bond donors (Lipinski definition) is 1. The minimum absolute atomic E-state index is 0.121. The van der Waals surface area contributed by atoms with Crippen molar-refractivity contribution in [2.45, 2.75) is 19.8 Å². The quantitative estimate of drug-likeness (QED) is 0.901. The van der Waals surface area contributed by atoms with Crippen LogP contribution in [0.25, 0.3) is 0 Å². The summed E-state index contributed by atoms with van der Waals surface area (Å²) in [5.41, 5.74) is 1.55. The minimum Gasteiger partial charge on any atom is -0.454 e. The van der Waals surface area contributed by atoms with Gasteiger partial charge in [0, 0.05) is 37.0 Å². The summed E-state index contributed by atoms with van der Waals surface area (Å²) in [6.07, 6.45) is 1.77. The number of amides is 1. The zero-order valence-electron chi connectivity index (χ0n) is 13.9. The fraction of sp³-hybridized carbons (Fsp3) is 0.412. The molecule has 1 aliphatic rings. The molecule has 7 heteroatoms. The van der Waals surface area contributed by atoms with Crippen LogP contribution in [0.15, 0.2) is 24.4 Å². The van der Waals surface area contributed by atoms with Crippen LogP contribution in [-0.2, 0) is 7.05 Å². The smallest absolute Gasteiger partial charge is 0.251 e. The van der Waals surface area contributed by atoms with E-state index in [1.54, 1.807) is 18.3 Å². The SMILES string of the molecule is CC(C)C(CNC(=O)c1cc(Cl)c2c(c1)OCO2)c1ccnn1C. The summed E-state index contributed by atoms with van der Waals surface area (Å²) >= 11 is 6.14. The number of rotatable bonds is 5. The number of nitrogens with zero attached hydrogens (tertiary/aromatic N) is 2. The average molecular weight is 350 g/mol. The lowest BCUT2D eigenvalue weighted by Gasteiger charge is -2.21. The van der Waals surface area contributed by atoms with Crippen LogP contribution in [0.5, 0.6) is 11.5 Å². The molecule has 0 fully saturated rings. The lowest BCUT2D eigenvalue weighted by molar-refractivity contribution is 0.0948. The van der Waals surface area contributed by atoms with E-state index in [1.165, 1.54) is 0 Å². The second-order valence-corrected chi connectivity index (χ2v) is 6.54. The van der Waals surface area contributed by atoms with Gasteiger partial charge < -0.3 is 14.8 Å². The molecule has 128 valence electrons. The van der Waals surface area contributed by atoms with Crippen LogP contribution in [0.4, 0.5) is 0 Å². The zero-order chi connectivity index (χ0) is 17.3. The van der Waals surface area contributed by atoms with Crippen LogP contribution >= 0.6 is 11.6 Å². The Bertz CT molecular complexity index is 758. The molecule has 1 atom stereocenters. The zero-order valence-corrected chi connectivity index (χ0v) is 14.6. The average Bonchev–Trinajstić information content (AvgIpc) is 3.16. The maximum absolute atomic E-state index is 12.5. The molecule has 1 aromatic heterocycles. The van der Waals surface area contributed by atoms with Gasteiger partial charge >= 0.3 is 0 Å². The van der Waals surface area contributed by atoms with Crippen molar-refractivity contribution in [3.8, 4) is 11.5 Å². The van der Waals surface area contributed by atoms with Gasteiger partial charge in [-0.05, 0) is 24.1 Å². The van der Waals surface area contributed by atoms with E-state index >= 15 is 0 Å². The third kappa shape index (κ3) is 3.19. The lowest BCUT2D eigenvalue weighted by atomic mass is 9.92. The number of benzene rings is 1. The van der Waals surface area contributed by atoms with Crippen LogP contribution in [-0.4, -0.2) is 29.0 Å². The first-order valence-corrected chi connectivity index (χ1v) is 8.20. The number of halogens is 1. The maximum Gasteiger partial charge on any atom is 0.251 e. The van der Waals surface area contributed by atoms with Crippen molar-refractivity contribution in [1.29, 1.82) is 0 Å². The Morgan fingerprint density at radius 1 is 1.42 bits per heavy atom. The van der Waals surface area contributed by atoms with Crippen molar-refractivity contribution in [2.75, 3.05) is 13.3 Å². The first-order valence-electron chi connectivity index (χ1n) is 7.82. The summed E-state index contributed by atoms with van der Waals surface area (Å²) in [5, 5.41) is 7.57. The standard InChI is InChI=1S/C17H20ClN3O3/c1-10(2)12(14-4-5-20-21(14)3)8-19-17(22)11-6-13(18)16-15(7-11)23-9-24-16/h4-7,10,12H,8-9H2,1-3H3,(H,19,22). The normalized spacial score (nSPS) is 14.0. The fourth-order valence-electron chi connectivity index (χ4n) is 2.83. The number of fused-ring (bicyclic) bond motifs is 1. The van der Waals surface area contributed by atoms with Gasteiger partial charge in [0.25, 0.3) is 5.91 Å².